The molecule has 0 aliphatic carbocycles. The van der Waals surface area contributed by atoms with Gasteiger partial charge >= 0.3 is 26.4 Å². The zero-order chi connectivity index (χ0) is 32.1. The fraction of sp³-hybridized carbons (Fsp3) is 0.800. The Balaban J connectivity index is 0.000000230. The van der Waals surface area contributed by atoms with Crippen LogP contribution < -0.4 is 0 Å². The SMILES string of the molecule is CC(C)(C)OC(=O)N1C=C(B2OC(C)(C)C(C)(C)O2)CC1.CC(C)(C)OC(=O)N1CC=C(B2OC(C)(C)C(C)(C)O2)C1. The van der Waals surface area contributed by atoms with Gasteiger partial charge in [-0.3, -0.25) is 4.90 Å². The van der Waals surface area contributed by atoms with Crippen LogP contribution in [0.1, 0.15) is 103 Å². The number of nitrogens with zero attached hydrogens (tertiary/aromatic N) is 2. The van der Waals surface area contributed by atoms with Crippen LogP contribution in [0.3, 0.4) is 0 Å². The number of carbonyl (C=O) groups excluding carboxylic acids is 2. The van der Waals surface area contributed by atoms with Crippen LogP contribution in [-0.2, 0) is 28.1 Å². The third-order valence-electron chi connectivity index (χ3n) is 8.30. The molecule has 2 saturated heterocycles. The standard InChI is InChI=1S/2C15H26BNO4/c2*1-13(2,3)19-12(18)17-9-8-11(10-17)16-20-14(4,5)15(6,7)21-16/h10H,8-9H2,1-7H3;8H,9-10H2,1-7H3. The van der Waals surface area contributed by atoms with Crippen LogP contribution in [0.25, 0.3) is 0 Å². The predicted octanol–water partition coefficient (Wildman–Crippen LogP) is 5.94. The fourth-order valence-electron chi connectivity index (χ4n) is 4.42. The minimum atomic E-state index is -0.488. The molecule has 0 bridgehead atoms. The van der Waals surface area contributed by atoms with E-state index in [0.29, 0.717) is 19.6 Å². The van der Waals surface area contributed by atoms with Crippen molar-refractivity contribution in [1.29, 1.82) is 0 Å². The third-order valence-corrected chi connectivity index (χ3v) is 8.30. The lowest BCUT2D eigenvalue weighted by Crippen LogP contribution is -2.41. The van der Waals surface area contributed by atoms with Gasteiger partial charge in [-0.2, -0.15) is 0 Å². The number of carbonyl (C=O) groups is 2. The summed E-state index contributed by atoms with van der Waals surface area (Å²) in [5.41, 5.74) is -0.452. The molecule has 0 aromatic rings. The monoisotopic (exact) mass is 590 g/mol. The normalized spacial score (nSPS) is 24.2. The van der Waals surface area contributed by atoms with Gasteiger partial charge in [0.15, 0.2) is 0 Å². The van der Waals surface area contributed by atoms with Crippen molar-refractivity contribution in [3.63, 3.8) is 0 Å². The Bertz CT molecular complexity index is 1070. The molecule has 42 heavy (non-hydrogen) atoms. The summed E-state index contributed by atoms with van der Waals surface area (Å²) < 4.78 is 34.8. The summed E-state index contributed by atoms with van der Waals surface area (Å²) in [6.45, 7) is 29.0. The number of hydrogen-bond donors (Lipinski definition) is 0. The quantitative estimate of drug-likeness (QED) is 0.365. The number of rotatable bonds is 2. The molecule has 4 aliphatic heterocycles. The zero-order valence-electron chi connectivity index (χ0n) is 28.3. The van der Waals surface area contributed by atoms with Crippen LogP contribution in [0.5, 0.6) is 0 Å². The van der Waals surface area contributed by atoms with E-state index in [4.69, 9.17) is 28.1 Å². The summed E-state index contributed by atoms with van der Waals surface area (Å²) in [4.78, 5) is 27.4. The average Bonchev–Trinajstić information content (AvgIpc) is 3.52. The molecule has 0 radical (unpaired) electrons. The Hall–Kier alpha value is -2.01. The molecular weight excluding hydrogens is 538 g/mol. The molecule has 0 aromatic carbocycles. The first kappa shape index (κ1) is 34.5. The highest BCUT2D eigenvalue weighted by atomic mass is 16.7. The van der Waals surface area contributed by atoms with Crippen LogP contribution in [-0.4, -0.2) is 89.5 Å². The van der Waals surface area contributed by atoms with Crippen molar-refractivity contribution >= 4 is 26.4 Å². The molecule has 0 aromatic heterocycles. The van der Waals surface area contributed by atoms with Gasteiger partial charge in [-0.25, -0.2) is 9.59 Å². The van der Waals surface area contributed by atoms with Gasteiger partial charge in [-0.1, -0.05) is 6.08 Å². The van der Waals surface area contributed by atoms with Gasteiger partial charge in [0.1, 0.15) is 11.2 Å². The first-order valence-corrected chi connectivity index (χ1v) is 14.9. The van der Waals surface area contributed by atoms with Gasteiger partial charge in [-0.15, -0.1) is 0 Å². The second-order valence-corrected chi connectivity index (χ2v) is 15.4. The van der Waals surface area contributed by atoms with Gasteiger partial charge in [0, 0.05) is 25.8 Å². The first-order chi connectivity index (χ1) is 18.8. The second kappa shape index (κ2) is 11.5. The molecule has 0 N–H and O–H groups in total. The van der Waals surface area contributed by atoms with E-state index in [-0.39, 0.29) is 48.8 Å². The van der Waals surface area contributed by atoms with Gasteiger partial charge in [0.05, 0.1) is 22.4 Å². The highest BCUT2D eigenvalue weighted by Crippen LogP contribution is 2.41. The van der Waals surface area contributed by atoms with Crippen molar-refractivity contribution in [3.05, 3.63) is 23.2 Å². The van der Waals surface area contributed by atoms with E-state index < -0.39 is 11.2 Å². The molecule has 0 unspecified atom stereocenters. The summed E-state index contributed by atoms with van der Waals surface area (Å²) in [5.74, 6) is 0. The first-order valence-electron chi connectivity index (χ1n) is 14.9. The van der Waals surface area contributed by atoms with E-state index in [1.165, 1.54) is 0 Å². The maximum atomic E-state index is 12.1. The summed E-state index contributed by atoms with van der Waals surface area (Å²) in [5, 5.41) is 0. The number of hydrogen-bond acceptors (Lipinski definition) is 8. The lowest BCUT2D eigenvalue weighted by atomic mass is 9.78. The zero-order valence-corrected chi connectivity index (χ0v) is 28.3. The predicted molar refractivity (Wildman–Crippen MR) is 164 cm³/mol. The number of ether oxygens (including phenoxy) is 2. The Morgan fingerprint density at radius 3 is 1.55 bits per heavy atom. The lowest BCUT2D eigenvalue weighted by Gasteiger charge is -2.32. The fourth-order valence-corrected chi connectivity index (χ4v) is 4.42. The van der Waals surface area contributed by atoms with Crippen molar-refractivity contribution in [3.8, 4) is 0 Å². The van der Waals surface area contributed by atoms with Crippen LogP contribution in [0, 0.1) is 0 Å². The van der Waals surface area contributed by atoms with Crippen LogP contribution in [0.15, 0.2) is 23.2 Å². The maximum absolute atomic E-state index is 12.1. The smallest absolute Gasteiger partial charge is 0.444 e. The van der Waals surface area contributed by atoms with E-state index in [9.17, 15) is 9.59 Å². The molecule has 0 atom stereocenters. The highest BCUT2D eigenvalue weighted by molar-refractivity contribution is 6.55. The molecule has 2 fully saturated rings. The molecule has 12 heteroatoms. The molecule has 10 nitrogen and oxygen atoms in total. The Kier molecular flexibility index (Phi) is 9.43. The van der Waals surface area contributed by atoms with E-state index >= 15 is 0 Å². The summed E-state index contributed by atoms with van der Waals surface area (Å²) >= 11 is 0. The molecule has 4 aliphatic rings. The van der Waals surface area contributed by atoms with Crippen molar-refractivity contribution in [2.45, 2.75) is 137 Å². The Morgan fingerprint density at radius 1 is 0.714 bits per heavy atom. The number of amides is 2. The van der Waals surface area contributed by atoms with Crippen molar-refractivity contribution in [2.75, 3.05) is 19.6 Å². The van der Waals surface area contributed by atoms with Crippen molar-refractivity contribution < 1.29 is 37.7 Å². The summed E-state index contributed by atoms with van der Waals surface area (Å²) in [7, 11) is -0.773. The molecule has 4 rings (SSSR count). The highest BCUT2D eigenvalue weighted by Gasteiger charge is 2.54. The lowest BCUT2D eigenvalue weighted by molar-refractivity contribution is 0.00578. The van der Waals surface area contributed by atoms with Gasteiger partial charge in [-0.05, 0) is 114 Å². The molecule has 236 valence electrons. The van der Waals surface area contributed by atoms with Crippen LogP contribution in [0.2, 0.25) is 0 Å². The van der Waals surface area contributed by atoms with Crippen LogP contribution >= 0.6 is 0 Å². The van der Waals surface area contributed by atoms with Gasteiger partial charge < -0.3 is 33.0 Å². The molecule has 0 spiro atoms. The van der Waals surface area contributed by atoms with Crippen LogP contribution in [0.4, 0.5) is 9.59 Å². The van der Waals surface area contributed by atoms with Gasteiger partial charge in [0.25, 0.3) is 0 Å². The minimum Gasteiger partial charge on any atom is -0.444 e. The minimum absolute atomic E-state index is 0.301. The van der Waals surface area contributed by atoms with E-state index in [2.05, 4.69) is 0 Å². The topological polar surface area (TPSA) is 96.0 Å². The van der Waals surface area contributed by atoms with E-state index in [1.807, 2.05) is 103 Å². The Morgan fingerprint density at radius 2 is 1.12 bits per heavy atom. The molecule has 2 amide bonds. The van der Waals surface area contributed by atoms with E-state index in [0.717, 1.165) is 17.4 Å². The molecular formula is C30H52B2N2O8. The van der Waals surface area contributed by atoms with Crippen molar-refractivity contribution in [1.82, 2.24) is 9.80 Å². The average molecular weight is 590 g/mol. The summed E-state index contributed by atoms with van der Waals surface area (Å²) in [6.07, 6.45) is 3.91. The van der Waals surface area contributed by atoms with Crippen molar-refractivity contribution in [2.24, 2.45) is 0 Å². The molecule has 0 saturated carbocycles. The molecule has 4 heterocycles. The van der Waals surface area contributed by atoms with E-state index in [1.54, 1.807) is 16.0 Å². The van der Waals surface area contributed by atoms with Gasteiger partial charge in [0.2, 0.25) is 0 Å². The maximum Gasteiger partial charge on any atom is 0.492 e. The summed E-state index contributed by atoms with van der Waals surface area (Å²) in [6, 6.07) is 0. The third kappa shape index (κ3) is 8.12. The largest absolute Gasteiger partial charge is 0.492 e. The second-order valence-electron chi connectivity index (χ2n) is 15.4. The Labute approximate surface area is 253 Å².